The molecule has 1 amide bonds. The van der Waals surface area contributed by atoms with Gasteiger partial charge in [-0.25, -0.2) is 0 Å². The molecule has 0 saturated carbocycles. The molecular formula is C17H16N2O. The lowest BCUT2D eigenvalue weighted by Gasteiger charge is -2.19. The van der Waals surface area contributed by atoms with Crippen LogP contribution in [0.4, 0.5) is 5.69 Å². The molecule has 0 N–H and O–H groups in total. The zero-order chi connectivity index (χ0) is 14.7. The van der Waals surface area contributed by atoms with Crippen LogP contribution in [0.1, 0.15) is 27.0 Å². The monoisotopic (exact) mass is 264 g/mol. The van der Waals surface area contributed by atoms with Gasteiger partial charge >= 0.3 is 0 Å². The van der Waals surface area contributed by atoms with E-state index in [2.05, 4.69) is 6.07 Å². The van der Waals surface area contributed by atoms with E-state index in [1.807, 2.05) is 32.0 Å². The van der Waals surface area contributed by atoms with Crippen molar-refractivity contribution in [1.29, 1.82) is 5.26 Å². The number of carbonyl (C=O) groups excluding carboxylic acids is 1. The molecule has 0 aliphatic rings. The number of benzene rings is 2. The molecule has 100 valence electrons. The van der Waals surface area contributed by atoms with Gasteiger partial charge in [0.1, 0.15) is 0 Å². The highest BCUT2D eigenvalue weighted by atomic mass is 16.2. The maximum absolute atomic E-state index is 12.5. The average Bonchev–Trinajstić information content (AvgIpc) is 2.48. The Morgan fingerprint density at radius 1 is 1.10 bits per heavy atom. The molecule has 0 radical (unpaired) electrons. The number of anilines is 1. The molecule has 20 heavy (non-hydrogen) atoms. The summed E-state index contributed by atoms with van der Waals surface area (Å²) in [5.41, 5.74) is 4.08. The van der Waals surface area contributed by atoms with E-state index < -0.39 is 0 Å². The van der Waals surface area contributed by atoms with E-state index in [-0.39, 0.29) is 5.91 Å². The van der Waals surface area contributed by atoms with E-state index in [1.165, 1.54) is 0 Å². The van der Waals surface area contributed by atoms with Gasteiger partial charge in [-0.3, -0.25) is 4.79 Å². The molecule has 0 spiro atoms. The van der Waals surface area contributed by atoms with E-state index in [0.29, 0.717) is 11.1 Å². The topological polar surface area (TPSA) is 44.1 Å². The fraction of sp³-hybridized carbons (Fsp3) is 0.176. The van der Waals surface area contributed by atoms with E-state index in [9.17, 15) is 4.79 Å². The quantitative estimate of drug-likeness (QED) is 0.833. The number of amides is 1. The molecule has 2 aromatic carbocycles. The third-order valence-electron chi connectivity index (χ3n) is 3.31. The lowest BCUT2D eigenvalue weighted by molar-refractivity contribution is 0.0992. The van der Waals surface area contributed by atoms with Crippen molar-refractivity contribution < 1.29 is 4.79 Å². The van der Waals surface area contributed by atoms with Gasteiger partial charge in [0, 0.05) is 18.3 Å². The molecular weight excluding hydrogens is 248 g/mol. The first-order valence-electron chi connectivity index (χ1n) is 6.38. The van der Waals surface area contributed by atoms with Crippen LogP contribution in [0, 0.1) is 25.2 Å². The number of nitrogens with zero attached hydrogens (tertiary/aromatic N) is 2. The smallest absolute Gasteiger partial charge is 0.258 e. The standard InChI is InChI=1S/C17H16N2O/c1-12-4-5-13(2)16(10-12)17(20)19(3)15-8-6-14(11-18)7-9-15/h4-10H,1-3H3. The molecule has 0 heterocycles. The molecule has 3 heteroatoms. The van der Waals surface area contributed by atoms with Gasteiger partial charge < -0.3 is 4.90 Å². The maximum atomic E-state index is 12.5. The molecule has 0 aliphatic carbocycles. The summed E-state index contributed by atoms with van der Waals surface area (Å²) in [5, 5.41) is 8.79. The second kappa shape index (κ2) is 5.58. The highest BCUT2D eigenvalue weighted by molar-refractivity contribution is 6.06. The first-order chi connectivity index (χ1) is 9.52. The van der Waals surface area contributed by atoms with Crippen LogP contribution in [0.5, 0.6) is 0 Å². The van der Waals surface area contributed by atoms with Gasteiger partial charge in [0.15, 0.2) is 0 Å². The Kier molecular flexibility index (Phi) is 3.86. The summed E-state index contributed by atoms with van der Waals surface area (Å²) < 4.78 is 0. The third kappa shape index (κ3) is 2.70. The Morgan fingerprint density at radius 3 is 2.35 bits per heavy atom. The molecule has 0 bridgehead atoms. The molecule has 0 fully saturated rings. The summed E-state index contributed by atoms with van der Waals surface area (Å²) >= 11 is 0. The van der Waals surface area contributed by atoms with Crippen molar-refractivity contribution in [1.82, 2.24) is 0 Å². The number of carbonyl (C=O) groups is 1. The van der Waals surface area contributed by atoms with Crippen LogP contribution in [0.3, 0.4) is 0 Å². The number of nitriles is 1. The number of aryl methyl sites for hydroxylation is 2. The molecule has 0 atom stereocenters. The van der Waals surface area contributed by atoms with Gasteiger partial charge in [0.25, 0.3) is 5.91 Å². The van der Waals surface area contributed by atoms with Gasteiger partial charge in [-0.1, -0.05) is 17.7 Å². The van der Waals surface area contributed by atoms with Crippen LogP contribution in [-0.4, -0.2) is 13.0 Å². The SMILES string of the molecule is Cc1ccc(C)c(C(=O)N(C)c2ccc(C#N)cc2)c1. The van der Waals surface area contributed by atoms with Crippen LogP contribution in [-0.2, 0) is 0 Å². The fourth-order valence-corrected chi connectivity index (χ4v) is 2.02. The van der Waals surface area contributed by atoms with Crippen molar-refractivity contribution in [2.45, 2.75) is 13.8 Å². The van der Waals surface area contributed by atoms with Crippen molar-refractivity contribution in [3.63, 3.8) is 0 Å². The lowest BCUT2D eigenvalue weighted by atomic mass is 10.0. The van der Waals surface area contributed by atoms with Gasteiger partial charge in [-0.15, -0.1) is 0 Å². The van der Waals surface area contributed by atoms with Crippen LogP contribution in [0.2, 0.25) is 0 Å². The molecule has 0 unspecified atom stereocenters. The minimum atomic E-state index is -0.0455. The minimum Gasteiger partial charge on any atom is -0.311 e. The maximum Gasteiger partial charge on any atom is 0.258 e. The van der Waals surface area contributed by atoms with Crippen molar-refractivity contribution in [3.05, 3.63) is 64.7 Å². The predicted molar refractivity (Wildman–Crippen MR) is 79.8 cm³/mol. The summed E-state index contributed by atoms with van der Waals surface area (Å²) in [6.45, 7) is 3.90. The Balaban J connectivity index is 2.32. The molecule has 2 rings (SSSR count). The van der Waals surface area contributed by atoms with Gasteiger partial charge in [0.2, 0.25) is 0 Å². The first kappa shape index (κ1) is 13.8. The summed E-state index contributed by atoms with van der Waals surface area (Å²) in [6.07, 6.45) is 0. The molecule has 0 aliphatic heterocycles. The molecule has 2 aromatic rings. The molecule has 0 saturated heterocycles. The van der Waals surface area contributed by atoms with Gasteiger partial charge in [-0.05, 0) is 49.7 Å². The summed E-state index contributed by atoms with van der Waals surface area (Å²) in [4.78, 5) is 14.1. The third-order valence-corrected chi connectivity index (χ3v) is 3.31. The first-order valence-corrected chi connectivity index (χ1v) is 6.38. The van der Waals surface area contributed by atoms with Gasteiger partial charge in [0.05, 0.1) is 11.6 Å². The Labute approximate surface area is 119 Å². The summed E-state index contributed by atoms with van der Waals surface area (Å²) in [7, 11) is 1.74. The van der Waals surface area contributed by atoms with Crippen molar-refractivity contribution in [3.8, 4) is 6.07 Å². The summed E-state index contributed by atoms with van der Waals surface area (Å²) in [5.74, 6) is -0.0455. The normalized spacial score (nSPS) is 9.90. The largest absolute Gasteiger partial charge is 0.311 e. The van der Waals surface area contributed by atoms with Crippen molar-refractivity contribution >= 4 is 11.6 Å². The van der Waals surface area contributed by atoms with Crippen LogP contribution in [0.15, 0.2) is 42.5 Å². The average molecular weight is 264 g/mol. The van der Waals surface area contributed by atoms with E-state index in [0.717, 1.165) is 16.8 Å². The lowest BCUT2D eigenvalue weighted by Crippen LogP contribution is -2.26. The van der Waals surface area contributed by atoms with Gasteiger partial charge in [-0.2, -0.15) is 5.26 Å². The predicted octanol–water partition coefficient (Wildman–Crippen LogP) is 3.45. The molecule has 3 nitrogen and oxygen atoms in total. The highest BCUT2D eigenvalue weighted by Crippen LogP contribution is 2.19. The van der Waals surface area contributed by atoms with E-state index in [1.54, 1.807) is 36.2 Å². The van der Waals surface area contributed by atoms with E-state index in [4.69, 9.17) is 5.26 Å². The van der Waals surface area contributed by atoms with Crippen molar-refractivity contribution in [2.24, 2.45) is 0 Å². The second-order valence-corrected chi connectivity index (χ2v) is 4.84. The summed E-state index contributed by atoms with van der Waals surface area (Å²) in [6, 6.07) is 14.9. The van der Waals surface area contributed by atoms with E-state index >= 15 is 0 Å². The minimum absolute atomic E-state index is 0.0455. The fourth-order valence-electron chi connectivity index (χ4n) is 2.02. The van der Waals surface area contributed by atoms with Crippen molar-refractivity contribution in [2.75, 3.05) is 11.9 Å². The number of hydrogen-bond acceptors (Lipinski definition) is 2. The number of rotatable bonds is 2. The zero-order valence-electron chi connectivity index (χ0n) is 11.8. The Bertz CT molecular complexity index is 681. The van der Waals surface area contributed by atoms with Crippen LogP contribution in [0.25, 0.3) is 0 Å². The number of hydrogen-bond donors (Lipinski definition) is 0. The van der Waals surface area contributed by atoms with Crippen LogP contribution < -0.4 is 4.90 Å². The van der Waals surface area contributed by atoms with Crippen LogP contribution >= 0.6 is 0 Å². The highest BCUT2D eigenvalue weighted by Gasteiger charge is 2.15. The zero-order valence-corrected chi connectivity index (χ0v) is 11.8. The Morgan fingerprint density at radius 2 is 1.75 bits per heavy atom. The second-order valence-electron chi connectivity index (χ2n) is 4.84. The Hall–Kier alpha value is -2.60. The molecule has 0 aromatic heterocycles.